The van der Waals surface area contributed by atoms with Gasteiger partial charge in [0.15, 0.2) is 0 Å². The lowest BCUT2D eigenvalue weighted by Gasteiger charge is -2.26. The molecular formula is C24H27NO2S. The van der Waals surface area contributed by atoms with Crippen molar-refractivity contribution in [3.63, 3.8) is 0 Å². The lowest BCUT2D eigenvalue weighted by atomic mass is 9.79. The zero-order valence-corrected chi connectivity index (χ0v) is 17.6. The van der Waals surface area contributed by atoms with E-state index < -0.39 is 0 Å². The standard InChI is InChI=1S/C24H27NO2S/c1-4-27-24(26)23-20-13-12-17(14-21(20)25(2)22(23)15-28-3)19-11-7-9-16-8-5-6-10-18(16)19/h5-6,8,10,12-14,19H,4,7,9,11,15H2,1-3H3. The summed E-state index contributed by atoms with van der Waals surface area (Å²) in [5.41, 5.74) is 7.16. The van der Waals surface area contributed by atoms with Gasteiger partial charge in [0.2, 0.25) is 0 Å². The van der Waals surface area contributed by atoms with Crippen LogP contribution >= 0.6 is 11.8 Å². The van der Waals surface area contributed by atoms with E-state index in [9.17, 15) is 4.79 Å². The Labute approximate surface area is 171 Å². The molecule has 1 aliphatic carbocycles. The fourth-order valence-corrected chi connectivity index (χ4v) is 5.17. The SMILES string of the molecule is CCOC(=O)c1c(CSC)n(C)c2cc(C3CCCc4ccccc43)ccc12. The molecule has 1 aliphatic rings. The molecule has 0 amide bonds. The smallest absolute Gasteiger partial charge is 0.340 e. The number of esters is 1. The van der Waals surface area contributed by atoms with Crippen LogP contribution in [0.15, 0.2) is 42.5 Å². The van der Waals surface area contributed by atoms with Crippen LogP contribution in [0, 0.1) is 0 Å². The van der Waals surface area contributed by atoms with E-state index in [4.69, 9.17) is 4.74 Å². The van der Waals surface area contributed by atoms with Gasteiger partial charge in [-0.15, -0.1) is 0 Å². The fourth-order valence-electron chi connectivity index (χ4n) is 4.56. The molecule has 0 bridgehead atoms. The second-order valence-corrected chi connectivity index (χ2v) is 8.32. The average Bonchev–Trinajstić information content (AvgIpc) is 2.99. The highest BCUT2D eigenvalue weighted by Crippen LogP contribution is 2.38. The average molecular weight is 394 g/mol. The Hall–Kier alpha value is -2.20. The molecule has 28 heavy (non-hydrogen) atoms. The van der Waals surface area contributed by atoms with Crippen LogP contribution in [0.1, 0.15) is 58.4 Å². The van der Waals surface area contributed by atoms with Gasteiger partial charge in [-0.1, -0.05) is 36.4 Å². The van der Waals surface area contributed by atoms with Gasteiger partial charge in [0.1, 0.15) is 0 Å². The minimum Gasteiger partial charge on any atom is -0.462 e. The van der Waals surface area contributed by atoms with Crippen LogP contribution in [0.3, 0.4) is 0 Å². The number of hydrogen-bond donors (Lipinski definition) is 0. The first-order chi connectivity index (χ1) is 13.7. The third-order valence-corrected chi connectivity index (χ3v) is 6.44. The molecule has 3 aromatic rings. The van der Waals surface area contributed by atoms with Crippen molar-refractivity contribution < 1.29 is 9.53 Å². The van der Waals surface area contributed by atoms with E-state index >= 15 is 0 Å². The number of rotatable bonds is 5. The monoisotopic (exact) mass is 393 g/mol. The summed E-state index contributed by atoms with van der Waals surface area (Å²) in [5.74, 6) is 1.01. The maximum atomic E-state index is 12.7. The second kappa shape index (κ2) is 8.04. The highest BCUT2D eigenvalue weighted by Gasteiger charge is 2.25. The summed E-state index contributed by atoms with van der Waals surface area (Å²) in [5, 5.41) is 0.998. The van der Waals surface area contributed by atoms with E-state index in [1.807, 2.05) is 6.92 Å². The Kier molecular flexibility index (Phi) is 5.49. The Balaban J connectivity index is 1.84. The minimum absolute atomic E-state index is 0.215. The highest BCUT2D eigenvalue weighted by molar-refractivity contribution is 7.97. The predicted molar refractivity (Wildman–Crippen MR) is 117 cm³/mol. The van der Waals surface area contributed by atoms with E-state index in [0.717, 1.165) is 27.9 Å². The van der Waals surface area contributed by atoms with E-state index in [-0.39, 0.29) is 5.97 Å². The third-order valence-electron chi connectivity index (χ3n) is 5.88. The molecule has 1 aromatic heterocycles. The summed E-state index contributed by atoms with van der Waals surface area (Å²) in [4.78, 5) is 12.7. The molecule has 0 saturated heterocycles. The Morgan fingerprint density at radius 3 is 2.86 bits per heavy atom. The van der Waals surface area contributed by atoms with Gasteiger partial charge >= 0.3 is 5.97 Å². The number of ether oxygens (including phenoxy) is 1. The van der Waals surface area contributed by atoms with Gasteiger partial charge in [-0.05, 0) is 55.2 Å². The largest absolute Gasteiger partial charge is 0.462 e. The minimum atomic E-state index is -0.215. The quantitative estimate of drug-likeness (QED) is 0.522. The van der Waals surface area contributed by atoms with Crippen molar-refractivity contribution in [2.75, 3.05) is 12.9 Å². The van der Waals surface area contributed by atoms with E-state index in [0.29, 0.717) is 12.5 Å². The summed E-state index contributed by atoms with van der Waals surface area (Å²) in [6.45, 7) is 2.25. The molecule has 0 saturated carbocycles. The molecule has 0 radical (unpaired) electrons. The van der Waals surface area contributed by atoms with Crippen molar-refractivity contribution >= 4 is 28.6 Å². The van der Waals surface area contributed by atoms with Gasteiger partial charge in [-0.25, -0.2) is 4.79 Å². The number of carbonyl (C=O) groups excluding carboxylic acids is 1. The van der Waals surface area contributed by atoms with Gasteiger partial charge in [0.25, 0.3) is 0 Å². The van der Waals surface area contributed by atoms with Crippen molar-refractivity contribution in [1.82, 2.24) is 4.57 Å². The predicted octanol–water partition coefficient (Wildman–Crippen LogP) is 5.69. The van der Waals surface area contributed by atoms with Gasteiger partial charge in [-0.2, -0.15) is 11.8 Å². The van der Waals surface area contributed by atoms with Crippen LogP contribution in [-0.2, 0) is 24.0 Å². The molecule has 2 aromatic carbocycles. The molecule has 4 rings (SSSR count). The van der Waals surface area contributed by atoms with Crippen molar-refractivity contribution in [2.45, 2.75) is 37.9 Å². The summed E-state index contributed by atoms with van der Waals surface area (Å²) >= 11 is 1.73. The molecular weight excluding hydrogens is 366 g/mol. The molecule has 1 unspecified atom stereocenters. The Morgan fingerprint density at radius 2 is 2.07 bits per heavy atom. The number of nitrogens with zero attached hydrogens (tertiary/aromatic N) is 1. The van der Waals surface area contributed by atoms with Gasteiger partial charge in [-0.3, -0.25) is 0 Å². The first-order valence-corrected chi connectivity index (χ1v) is 11.4. The topological polar surface area (TPSA) is 31.2 Å². The van der Waals surface area contributed by atoms with Gasteiger partial charge in [0.05, 0.1) is 12.2 Å². The molecule has 0 fully saturated rings. The van der Waals surface area contributed by atoms with E-state index in [2.05, 4.69) is 60.3 Å². The van der Waals surface area contributed by atoms with E-state index in [1.165, 1.54) is 36.0 Å². The highest BCUT2D eigenvalue weighted by atomic mass is 32.2. The van der Waals surface area contributed by atoms with Crippen LogP contribution in [-0.4, -0.2) is 23.4 Å². The molecule has 4 heteroatoms. The number of hydrogen-bond acceptors (Lipinski definition) is 3. The summed E-state index contributed by atoms with van der Waals surface area (Å²) in [6, 6.07) is 15.4. The molecule has 0 spiro atoms. The molecule has 0 N–H and O–H groups in total. The van der Waals surface area contributed by atoms with Crippen LogP contribution in [0.5, 0.6) is 0 Å². The van der Waals surface area contributed by atoms with Crippen LogP contribution < -0.4 is 0 Å². The Bertz CT molecular complexity index is 1020. The first-order valence-electron chi connectivity index (χ1n) is 10.0. The van der Waals surface area contributed by atoms with Crippen LogP contribution in [0.2, 0.25) is 0 Å². The van der Waals surface area contributed by atoms with Gasteiger partial charge in [0, 0.05) is 35.3 Å². The van der Waals surface area contributed by atoms with Crippen molar-refractivity contribution in [2.24, 2.45) is 7.05 Å². The van der Waals surface area contributed by atoms with Crippen molar-refractivity contribution in [1.29, 1.82) is 0 Å². The molecule has 1 heterocycles. The van der Waals surface area contributed by atoms with Crippen molar-refractivity contribution in [3.8, 4) is 0 Å². The summed E-state index contributed by atoms with van der Waals surface area (Å²) in [6.07, 6.45) is 5.63. The number of fused-ring (bicyclic) bond motifs is 2. The van der Waals surface area contributed by atoms with Gasteiger partial charge < -0.3 is 9.30 Å². The number of benzene rings is 2. The lowest BCUT2D eigenvalue weighted by molar-refractivity contribution is 0.0527. The lowest BCUT2D eigenvalue weighted by Crippen LogP contribution is -2.10. The maximum absolute atomic E-state index is 12.7. The zero-order chi connectivity index (χ0) is 19.7. The summed E-state index contributed by atoms with van der Waals surface area (Å²) in [7, 11) is 2.06. The second-order valence-electron chi connectivity index (χ2n) is 7.45. The third kappa shape index (κ3) is 3.24. The van der Waals surface area contributed by atoms with Crippen LogP contribution in [0.25, 0.3) is 10.9 Å². The Morgan fingerprint density at radius 1 is 1.25 bits per heavy atom. The number of thioether (sulfide) groups is 1. The zero-order valence-electron chi connectivity index (χ0n) is 16.8. The maximum Gasteiger partial charge on any atom is 0.340 e. The van der Waals surface area contributed by atoms with Crippen molar-refractivity contribution in [3.05, 3.63) is 70.4 Å². The first kappa shape index (κ1) is 19.1. The fraction of sp³-hybridized carbons (Fsp3) is 0.375. The van der Waals surface area contributed by atoms with E-state index in [1.54, 1.807) is 11.8 Å². The molecule has 3 nitrogen and oxygen atoms in total. The molecule has 146 valence electrons. The number of aryl methyl sites for hydroxylation is 2. The molecule has 1 atom stereocenters. The molecule has 0 aliphatic heterocycles. The number of carbonyl (C=O) groups is 1. The van der Waals surface area contributed by atoms with Crippen LogP contribution in [0.4, 0.5) is 0 Å². The normalized spacial score (nSPS) is 16.2. The summed E-state index contributed by atoms with van der Waals surface area (Å²) < 4.78 is 7.54. The number of aromatic nitrogens is 1.